The van der Waals surface area contributed by atoms with E-state index in [1.165, 1.54) is 5.75 Å². The Balaban J connectivity index is 1.39. The Labute approximate surface area is 160 Å². The lowest BCUT2D eigenvalue weighted by molar-refractivity contribution is -0.122. The third-order valence-electron chi connectivity index (χ3n) is 5.28. The highest BCUT2D eigenvalue weighted by molar-refractivity contribution is 7.99. The van der Waals surface area contributed by atoms with Crippen LogP contribution in [0.3, 0.4) is 0 Å². The van der Waals surface area contributed by atoms with Crippen LogP contribution in [0.2, 0.25) is 0 Å². The van der Waals surface area contributed by atoms with E-state index in [1.807, 2.05) is 43.0 Å². The van der Waals surface area contributed by atoms with Crippen molar-refractivity contribution < 1.29 is 14.3 Å². The number of benzene rings is 1. The summed E-state index contributed by atoms with van der Waals surface area (Å²) >= 11 is 1.99. The van der Waals surface area contributed by atoms with E-state index >= 15 is 0 Å². The molecule has 2 aliphatic rings. The molecule has 6 heteroatoms. The molecule has 2 aliphatic heterocycles. The van der Waals surface area contributed by atoms with Crippen LogP contribution in [0.15, 0.2) is 24.3 Å². The lowest BCUT2D eigenvalue weighted by atomic mass is 9.95. The number of ether oxygens (including phenoxy) is 2. The molecule has 2 fully saturated rings. The molecule has 1 N–H and O–H groups in total. The van der Waals surface area contributed by atoms with Crippen molar-refractivity contribution >= 4 is 17.7 Å². The van der Waals surface area contributed by atoms with Gasteiger partial charge in [-0.3, -0.25) is 9.69 Å². The highest BCUT2D eigenvalue weighted by Crippen LogP contribution is 2.33. The van der Waals surface area contributed by atoms with Gasteiger partial charge in [0.1, 0.15) is 5.75 Å². The van der Waals surface area contributed by atoms with Gasteiger partial charge in [0.05, 0.1) is 19.8 Å². The van der Waals surface area contributed by atoms with E-state index in [9.17, 15) is 4.79 Å². The van der Waals surface area contributed by atoms with E-state index in [1.54, 1.807) is 0 Å². The van der Waals surface area contributed by atoms with Crippen molar-refractivity contribution in [2.24, 2.45) is 0 Å². The van der Waals surface area contributed by atoms with Gasteiger partial charge >= 0.3 is 0 Å². The zero-order valence-electron chi connectivity index (χ0n) is 15.7. The SMILES string of the molecule is Cc1ccccc1OCCCC(=O)NCC1(N2CCOCC2)CCSC1. The van der Waals surface area contributed by atoms with Gasteiger partial charge in [0.2, 0.25) is 5.91 Å². The number of hydrogen-bond donors (Lipinski definition) is 1. The third-order valence-corrected chi connectivity index (χ3v) is 6.51. The van der Waals surface area contributed by atoms with Crippen molar-refractivity contribution in [2.45, 2.75) is 31.7 Å². The van der Waals surface area contributed by atoms with Crippen LogP contribution in [0.5, 0.6) is 5.75 Å². The molecule has 0 aliphatic carbocycles. The summed E-state index contributed by atoms with van der Waals surface area (Å²) in [4.78, 5) is 14.8. The topological polar surface area (TPSA) is 50.8 Å². The second-order valence-electron chi connectivity index (χ2n) is 7.12. The molecule has 0 spiro atoms. The van der Waals surface area contributed by atoms with E-state index in [4.69, 9.17) is 9.47 Å². The third kappa shape index (κ3) is 5.15. The minimum atomic E-state index is 0.113. The molecule has 1 atom stereocenters. The zero-order chi connectivity index (χ0) is 18.2. The monoisotopic (exact) mass is 378 g/mol. The number of carbonyl (C=O) groups excluding carboxylic acids is 1. The summed E-state index contributed by atoms with van der Waals surface area (Å²) in [6.07, 6.45) is 2.39. The quantitative estimate of drug-likeness (QED) is 0.705. The van der Waals surface area contributed by atoms with Crippen molar-refractivity contribution in [3.05, 3.63) is 29.8 Å². The lowest BCUT2D eigenvalue weighted by Crippen LogP contribution is -2.59. The Kier molecular flexibility index (Phi) is 7.23. The average Bonchev–Trinajstić information content (AvgIpc) is 3.16. The molecule has 2 heterocycles. The number of aryl methyl sites for hydroxylation is 1. The first-order valence-electron chi connectivity index (χ1n) is 9.55. The fraction of sp³-hybridized carbons (Fsp3) is 0.650. The molecule has 144 valence electrons. The summed E-state index contributed by atoms with van der Waals surface area (Å²) in [5, 5.41) is 3.18. The Morgan fingerprint density at radius 1 is 1.35 bits per heavy atom. The maximum atomic E-state index is 12.3. The van der Waals surface area contributed by atoms with Crippen LogP contribution in [-0.2, 0) is 9.53 Å². The van der Waals surface area contributed by atoms with Crippen LogP contribution >= 0.6 is 11.8 Å². The van der Waals surface area contributed by atoms with Crippen molar-refractivity contribution in [2.75, 3.05) is 51.0 Å². The molecule has 3 rings (SSSR count). The predicted molar refractivity (Wildman–Crippen MR) is 106 cm³/mol. The number of nitrogens with one attached hydrogen (secondary N) is 1. The van der Waals surface area contributed by atoms with Crippen molar-refractivity contribution in [3.63, 3.8) is 0 Å². The standard InChI is InChI=1S/C20H30N2O3S/c1-17-5-2-3-6-18(17)25-11-4-7-19(23)21-15-20(8-14-26-16-20)22-9-12-24-13-10-22/h2-3,5-6H,4,7-16H2,1H3,(H,21,23). The first kappa shape index (κ1) is 19.5. The zero-order valence-corrected chi connectivity index (χ0v) is 16.5. The lowest BCUT2D eigenvalue weighted by Gasteiger charge is -2.43. The van der Waals surface area contributed by atoms with Gasteiger partial charge in [-0.05, 0) is 37.1 Å². The van der Waals surface area contributed by atoms with Gasteiger partial charge < -0.3 is 14.8 Å². The molecule has 2 saturated heterocycles. The van der Waals surface area contributed by atoms with E-state index in [0.717, 1.165) is 62.8 Å². The number of nitrogens with zero attached hydrogens (tertiary/aromatic N) is 1. The van der Waals surface area contributed by atoms with E-state index in [2.05, 4.69) is 10.2 Å². The molecule has 26 heavy (non-hydrogen) atoms. The van der Waals surface area contributed by atoms with Gasteiger partial charge in [0.15, 0.2) is 0 Å². The average molecular weight is 379 g/mol. The molecule has 0 saturated carbocycles. The van der Waals surface area contributed by atoms with Crippen LogP contribution in [0.1, 0.15) is 24.8 Å². The normalized spacial score (nSPS) is 23.7. The van der Waals surface area contributed by atoms with E-state index in [0.29, 0.717) is 13.0 Å². The fourth-order valence-electron chi connectivity index (χ4n) is 3.62. The molecular weight excluding hydrogens is 348 g/mol. The number of hydrogen-bond acceptors (Lipinski definition) is 5. The van der Waals surface area contributed by atoms with Crippen molar-refractivity contribution in [3.8, 4) is 5.75 Å². The van der Waals surface area contributed by atoms with Crippen LogP contribution in [0, 0.1) is 6.92 Å². The van der Waals surface area contributed by atoms with Gasteiger partial charge in [-0.2, -0.15) is 11.8 Å². The maximum absolute atomic E-state index is 12.3. The van der Waals surface area contributed by atoms with Crippen LogP contribution in [-0.4, -0.2) is 67.3 Å². The second-order valence-corrected chi connectivity index (χ2v) is 8.23. The Hall–Kier alpha value is -1.24. The van der Waals surface area contributed by atoms with Gasteiger partial charge in [-0.25, -0.2) is 0 Å². The van der Waals surface area contributed by atoms with E-state index in [-0.39, 0.29) is 11.4 Å². The van der Waals surface area contributed by atoms with Gasteiger partial charge in [-0.15, -0.1) is 0 Å². The molecule has 5 nitrogen and oxygen atoms in total. The van der Waals surface area contributed by atoms with Gasteiger partial charge in [-0.1, -0.05) is 18.2 Å². The maximum Gasteiger partial charge on any atom is 0.220 e. The number of morpholine rings is 1. The number of rotatable bonds is 8. The molecular formula is C20H30N2O3S. The highest BCUT2D eigenvalue weighted by atomic mass is 32.2. The first-order valence-corrected chi connectivity index (χ1v) is 10.7. The molecule has 1 aromatic carbocycles. The Bertz CT molecular complexity index is 584. The fourth-order valence-corrected chi connectivity index (χ4v) is 5.10. The minimum absolute atomic E-state index is 0.113. The number of para-hydroxylation sites is 1. The predicted octanol–water partition coefficient (Wildman–Crippen LogP) is 2.48. The summed E-state index contributed by atoms with van der Waals surface area (Å²) in [7, 11) is 0. The molecule has 1 unspecified atom stereocenters. The molecule has 0 bridgehead atoms. The van der Waals surface area contributed by atoms with Crippen LogP contribution in [0.4, 0.5) is 0 Å². The number of thioether (sulfide) groups is 1. The smallest absolute Gasteiger partial charge is 0.220 e. The Morgan fingerprint density at radius 2 is 2.15 bits per heavy atom. The summed E-state index contributed by atoms with van der Waals surface area (Å²) in [6, 6.07) is 7.98. The summed E-state index contributed by atoms with van der Waals surface area (Å²) < 4.78 is 11.3. The van der Waals surface area contributed by atoms with Crippen molar-refractivity contribution in [1.82, 2.24) is 10.2 Å². The Morgan fingerprint density at radius 3 is 2.88 bits per heavy atom. The molecule has 1 amide bonds. The summed E-state index contributed by atoms with van der Waals surface area (Å²) in [6.45, 7) is 6.90. The molecule has 1 aromatic rings. The largest absolute Gasteiger partial charge is 0.493 e. The number of amides is 1. The summed E-state index contributed by atoms with van der Waals surface area (Å²) in [5.74, 6) is 3.31. The molecule has 0 aromatic heterocycles. The highest BCUT2D eigenvalue weighted by Gasteiger charge is 2.40. The van der Waals surface area contributed by atoms with E-state index < -0.39 is 0 Å². The van der Waals surface area contributed by atoms with Crippen molar-refractivity contribution in [1.29, 1.82) is 0 Å². The minimum Gasteiger partial charge on any atom is -0.493 e. The van der Waals surface area contributed by atoms with Crippen LogP contribution < -0.4 is 10.1 Å². The van der Waals surface area contributed by atoms with Gasteiger partial charge in [0, 0.05) is 37.3 Å². The first-order chi connectivity index (χ1) is 12.7. The number of carbonyl (C=O) groups is 1. The molecule has 0 radical (unpaired) electrons. The second kappa shape index (κ2) is 9.62. The van der Waals surface area contributed by atoms with Crippen LogP contribution in [0.25, 0.3) is 0 Å². The summed E-state index contributed by atoms with van der Waals surface area (Å²) in [5.41, 5.74) is 1.24. The van der Waals surface area contributed by atoms with Gasteiger partial charge in [0.25, 0.3) is 0 Å².